The molecule has 2 aromatic rings. The van der Waals surface area contributed by atoms with E-state index < -0.39 is 0 Å². The molecule has 0 fully saturated rings. The van der Waals surface area contributed by atoms with E-state index in [-0.39, 0.29) is 5.91 Å². The maximum atomic E-state index is 9.58. The van der Waals surface area contributed by atoms with Crippen molar-refractivity contribution in [1.29, 1.82) is 0 Å². The highest BCUT2D eigenvalue weighted by Gasteiger charge is 1.85. The second-order valence-corrected chi connectivity index (χ2v) is 3.05. The maximum absolute atomic E-state index is 9.58. The lowest BCUT2D eigenvalue weighted by atomic mass is 10.1. The molecule has 0 aliphatic heterocycles. The summed E-state index contributed by atoms with van der Waals surface area (Å²) in [6.45, 7) is 1.35. The van der Waals surface area contributed by atoms with Crippen molar-refractivity contribution in [3.8, 4) is 0 Å². The quantitative estimate of drug-likeness (QED) is 0.389. The van der Waals surface area contributed by atoms with E-state index in [1.165, 1.54) is 17.7 Å². The highest BCUT2D eigenvalue weighted by atomic mass is 16.2. The summed E-state index contributed by atoms with van der Waals surface area (Å²) in [7, 11) is 0. The van der Waals surface area contributed by atoms with Crippen molar-refractivity contribution in [3.63, 3.8) is 0 Å². The molecule has 0 saturated heterocycles. The van der Waals surface area contributed by atoms with Crippen LogP contribution in [0.4, 0.5) is 0 Å². The normalized spacial score (nSPS) is 8.93. The van der Waals surface area contributed by atoms with Crippen LogP contribution in [-0.2, 0) is 4.79 Å². The second-order valence-electron chi connectivity index (χ2n) is 3.05. The Morgan fingerprint density at radius 1 is 1.00 bits per heavy atom. The lowest BCUT2D eigenvalue weighted by molar-refractivity contribution is -0.119. The Labute approximate surface area is 88.9 Å². The SMILES string of the molecule is CC(=O)NN.c1ccc2ccccc2c1. The van der Waals surface area contributed by atoms with Gasteiger partial charge in [0, 0.05) is 6.92 Å². The Kier molecular flexibility index (Phi) is 4.31. The largest absolute Gasteiger partial charge is 0.295 e. The average molecular weight is 202 g/mol. The van der Waals surface area contributed by atoms with Crippen LogP contribution in [-0.4, -0.2) is 5.91 Å². The fraction of sp³-hybridized carbons (Fsp3) is 0.0833. The van der Waals surface area contributed by atoms with Gasteiger partial charge in [0.1, 0.15) is 0 Å². The lowest BCUT2D eigenvalue weighted by Crippen LogP contribution is -2.26. The molecule has 0 unspecified atom stereocenters. The number of hydrogen-bond donors (Lipinski definition) is 2. The van der Waals surface area contributed by atoms with Crippen LogP contribution >= 0.6 is 0 Å². The summed E-state index contributed by atoms with van der Waals surface area (Å²) >= 11 is 0. The van der Waals surface area contributed by atoms with Crippen molar-refractivity contribution in [2.45, 2.75) is 6.92 Å². The Morgan fingerprint density at radius 2 is 1.27 bits per heavy atom. The zero-order valence-electron chi connectivity index (χ0n) is 8.60. The molecular weight excluding hydrogens is 188 g/mol. The van der Waals surface area contributed by atoms with E-state index >= 15 is 0 Å². The van der Waals surface area contributed by atoms with E-state index in [0.29, 0.717) is 0 Å². The standard InChI is InChI=1S/C10H8.C2H6N2O/c1-2-6-10-8-4-3-7-9(10)5-1;1-2(5)4-3/h1-8H;3H2,1H3,(H,4,5). The van der Waals surface area contributed by atoms with Crippen molar-refractivity contribution in [3.05, 3.63) is 48.5 Å². The number of hydrazine groups is 1. The van der Waals surface area contributed by atoms with Gasteiger partial charge in [-0.1, -0.05) is 48.5 Å². The van der Waals surface area contributed by atoms with E-state index in [9.17, 15) is 4.79 Å². The summed E-state index contributed by atoms with van der Waals surface area (Å²) in [6.07, 6.45) is 0. The summed E-state index contributed by atoms with van der Waals surface area (Å²) in [5.74, 6) is 4.35. The van der Waals surface area contributed by atoms with Gasteiger partial charge < -0.3 is 0 Å². The molecular formula is C12H14N2O. The zero-order valence-corrected chi connectivity index (χ0v) is 8.60. The molecule has 2 aromatic carbocycles. The van der Waals surface area contributed by atoms with E-state index in [2.05, 4.69) is 54.4 Å². The first kappa shape index (κ1) is 11.2. The number of rotatable bonds is 0. The highest BCUT2D eigenvalue weighted by molar-refractivity contribution is 5.82. The molecule has 0 aliphatic rings. The third-order valence-electron chi connectivity index (χ3n) is 1.86. The van der Waals surface area contributed by atoms with E-state index in [0.717, 1.165) is 0 Å². The van der Waals surface area contributed by atoms with Crippen LogP contribution in [0.1, 0.15) is 6.92 Å². The second kappa shape index (κ2) is 5.78. The summed E-state index contributed by atoms with van der Waals surface area (Å²) in [6, 6.07) is 16.7. The number of nitrogens with two attached hydrogens (primary N) is 1. The van der Waals surface area contributed by atoms with Gasteiger partial charge in [-0.3, -0.25) is 10.2 Å². The Hall–Kier alpha value is -1.87. The molecule has 3 N–H and O–H groups in total. The molecule has 0 aromatic heterocycles. The Bertz CT molecular complexity index is 375. The molecule has 0 heterocycles. The van der Waals surface area contributed by atoms with Gasteiger partial charge >= 0.3 is 0 Å². The van der Waals surface area contributed by atoms with Gasteiger partial charge in [0.2, 0.25) is 5.91 Å². The van der Waals surface area contributed by atoms with Gasteiger partial charge in [0.05, 0.1) is 0 Å². The number of fused-ring (bicyclic) bond motifs is 1. The van der Waals surface area contributed by atoms with Crippen LogP contribution in [0.5, 0.6) is 0 Å². The monoisotopic (exact) mass is 202 g/mol. The maximum Gasteiger partial charge on any atom is 0.230 e. The molecule has 0 aliphatic carbocycles. The van der Waals surface area contributed by atoms with E-state index in [1.807, 2.05) is 5.43 Å². The number of nitrogens with one attached hydrogen (secondary N) is 1. The van der Waals surface area contributed by atoms with Crippen LogP contribution in [0.25, 0.3) is 10.8 Å². The minimum absolute atomic E-state index is 0.218. The van der Waals surface area contributed by atoms with Crippen molar-refractivity contribution in [2.75, 3.05) is 0 Å². The molecule has 15 heavy (non-hydrogen) atoms. The number of amides is 1. The van der Waals surface area contributed by atoms with Crippen LogP contribution in [0, 0.1) is 0 Å². The van der Waals surface area contributed by atoms with Gasteiger partial charge in [0.15, 0.2) is 0 Å². The molecule has 0 bridgehead atoms. The Balaban J connectivity index is 0.000000195. The van der Waals surface area contributed by atoms with Gasteiger partial charge in [-0.2, -0.15) is 0 Å². The molecule has 0 saturated carbocycles. The summed E-state index contributed by atoms with van der Waals surface area (Å²) in [5, 5.41) is 2.62. The van der Waals surface area contributed by atoms with Gasteiger partial charge in [-0.25, -0.2) is 5.84 Å². The average Bonchev–Trinajstić information content (AvgIpc) is 2.30. The van der Waals surface area contributed by atoms with Crippen LogP contribution in [0.15, 0.2) is 48.5 Å². The lowest BCUT2D eigenvalue weighted by Gasteiger charge is -1.92. The predicted molar refractivity (Wildman–Crippen MR) is 62.0 cm³/mol. The van der Waals surface area contributed by atoms with Crippen molar-refractivity contribution in [2.24, 2.45) is 5.84 Å². The molecule has 2 rings (SSSR count). The first-order chi connectivity index (χ1) is 7.24. The third-order valence-corrected chi connectivity index (χ3v) is 1.86. The van der Waals surface area contributed by atoms with Crippen molar-refractivity contribution in [1.82, 2.24) is 5.43 Å². The molecule has 0 spiro atoms. The fourth-order valence-corrected chi connectivity index (χ4v) is 1.13. The predicted octanol–water partition coefficient (Wildman–Crippen LogP) is 1.84. The zero-order chi connectivity index (χ0) is 11.1. The molecule has 0 atom stereocenters. The molecule has 78 valence electrons. The fourth-order valence-electron chi connectivity index (χ4n) is 1.13. The molecule has 3 heteroatoms. The first-order valence-corrected chi connectivity index (χ1v) is 4.65. The smallest absolute Gasteiger partial charge is 0.230 e. The van der Waals surface area contributed by atoms with Crippen LogP contribution in [0.2, 0.25) is 0 Å². The number of benzene rings is 2. The topological polar surface area (TPSA) is 55.1 Å². The summed E-state index contributed by atoms with van der Waals surface area (Å²) in [5.41, 5.74) is 1.89. The van der Waals surface area contributed by atoms with Gasteiger partial charge in [-0.05, 0) is 10.8 Å². The van der Waals surface area contributed by atoms with Crippen LogP contribution in [0.3, 0.4) is 0 Å². The third kappa shape index (κ3) is 3.79. The number of carbonyl (C=O) groups excluding carboxylic acids is 1. The Morgan fingerprint density at radius 3 is 1.47 bits per heavy atom. The van der Waals surface area contributed by atoms with Gasteiger partial charge in [0.25, 0.3) is 0 Å². The molecule has 1 amide bonds. The number of carbonyl (C=O) groups is 1. The molecule has 0 radical (unpaired) electrons. The number of hydrogen-bond acceptors (Lipinski definition) is 2. The minimum Gasteiger partial charge on any atom is -0.295 e. The van der Waals surface area contributed by atoms with Crippen molar-refractivity contribution >= 4 is 16.7 Å². The summed E-state index contributed by atoms with van der Waals surface area (Å²) in [4.78, 5) is 9.58. The van der Waals surface area contributed by atoms with Crippen LogP contribution < -0.4 is 11.3 Å². The highest BCUT2D eigenvalue weighted by Crippen LogP contribution is 2.11. The van der Waals surface area contributed by atoms with Crippen molar-refractivity contribution < 1.29 is 4.79 Å². The van der Waals surface area contributed by atoms with E-state index in [4.69, 9.17) is 0 Å². The molecule has 3 nitrogen and oxygen atoms in total. The van der Waals surface area contributed by atoms with E-state index in [1.54, 1.807) is 0 Å². The summed E-state index contributed by atoms with van der Waals surface area (Å²) < 4.78 is 0. The van der Waals surface area contributed by atoms with Gasteiger partial charge in [-0.15, -0.1) is 0 Å². The first-order valence-electron chi connectivity index (χ1n) is 4.65. The minimum atomic E-state index is -0.218.